The molecule has 1 aromatic rings. The molecule has 0 saturated heterocycles. The molecular formula is C20H27N5O5. The number of carbonyl (C=O) groups is 4. The second-order valence-electron chi connectivity index (χ2n) is 6.89. The van der Waals surface area contributed by atoms with Gasteiger partial charge in [0.2, 0.25) is 11.8 Å². The van der Waals surface area contributed by atoms with Crippen LogP contribution < -0.4 is 16.0 Å². The molecular weight excluding hydrogens is 390 g/mol. The summed E-state index contributed by atoms with van der Waals surface area (Å²) in [5.74, 6) is -1.37. The maximum absolute atomic E-state index is 13.0. The van der Waals surface area contributed by atoms with E-state index in [9.17, 15) is 19.2 Å². The first kappa shape index (κ1) is 22.9. The quantitative estimate of drug-likeness (QED) is 0.312. The molecule has 10 heteroatoms. The van der Waals surface area contributed by atoms with E-state index in [1.165, 1.54) is 15.9 Å². The molecule has 3 amide bonds. The fourth-order valence-electron chi connectivity index (χ4n) is 3.03. The van der Waals surface area contributed by atoms with Crippen molar-refractivity contribution in [1.82, 2.24) is 4.90 Å². The average molecular weight is 417 g/mol. The summed E-state index contributed by atoms with van der Waals surface area (Å²) in [6.07, 6.45) is 0.954. The maximum atomic E-state index is 13.0. The predicted molar refractivity (Wildman–Crippen MR) is 111 cm³/mol. The monoisotopic (exact) mass is 417 g/mol. The molecule has 0 radical (unpaired) electrons. The van der Waals surface area contributed by atoms with Gasteiger partial charge in [0.05, 0.1) is 30.1 Å². The number of nitrogens with one attached hydrogen (secondary N) is 2. The molecule has 0 fully saturated rings. The summed E-state index contributed by atoms with van der Waals surface area (Å²) in [4.78, 5) is 51.9. The molecule has 0 bridgehead atoms. The molecule has 0 spiro atoms. The minimum Gasteiger partial charge on any atom is -0.466 e. The highest BCUT2D eigenvalue weighted by atomic mass is 16.5. The van der Waals surface area contributed by atoms with Crippen molar-refractivity contribution < 1.29 is 23.9 Å². The second kappa shape index (κ2) is 10.4. The van der Waals surface area contributed by atoms with E-state index in [1.54, 1.807) is 26.1 Å². The van der Waals surface area contributed by atoms with Gasteiger partial charge in [-0.1, -0.05) is 0 Å². The summed E-state index contributed by atoms with van der Waals surface area (Å²) in [7, 11) is 1.57. The van der Waals surface area contributed by atoms with Crippen LogP contribution in [0.4, 0.5) is 11.4 Å². The Kier molecular flexibility index (Phi) is 7.90. The fourth-order valence-corrected chi connectivity index (χ4v) is 3.03. The molecule has 30 heavy (non-hydrogen) atoms. The van der Waals surface area contributed by atoms with Crippen LogP contribution in [0.3, 0.4) is 0 Å². The molecule has 0 aromatic heterocycles. The van der Waals surface area contributed by atoms with Gasteiger partial charge in [-0.05, 0) is 31.5 Å². The second-order valence-corrected chi connectivity index (χ2v) is 6.89. The van der Waals surface area contributed by atoms with Crippen LogP contribution >= 0.6 is 0 Å². The van der Waals surface area contributed by atoms with Crippen LogP contribution in [-0.4, -0.2) is 61.2 Å². The Labute approximate surface area is 174 Å². The van der Waals surface area contributed by atoms with Crippen LogP contribution in [0.1, 0.15) is 43.0 Å². The number of carbonyl (C=O) groups excluding carboxylic acids is 4. The highest BCUT2D eigenvalue weighted by Gasteiger charge is 2.30. The van der Waals surface area contributed by atoms with Crippen molar-refractivity contribution in [3.63, 3.8) is 0 Å². The van der Waals surface area contributed by atoms with Crippen LogP contribution in [0.2, 0.25) is 0 Å². The third-order valence-electron chi connectivity index (χ3n) is 4.60. The van der Waals surface area contributed by atoms with Crippen molar-refractivity contribution in [3.05, 3.63) is 23.8 Å². The number of likely N-dealkylation sites (N-methyl/N-ethyl adjacent to an activating group) is 1. The summed E-state index contributed by atoms with van der Waals surface area (Å²) in [6, 6.07) is 4.74. The number of nitrogens with zero attached hydrogens (tertiary/aromatic N) is 2. The lowest BCUT2D eigenvalue weighted by Crippen LogP contribution is -2.39. The zero-order valence-electron chi connectivity index (χ0n) is 17.2. The first-order chi connectivity index (χ1) is 14.2. The van der Waals surface area contributed by atoms with E-state index in [0.29, 0.717) is 24.2 Å². The third-order valence-corrected chi connectivity index (χ3v) is 4.60. The number of anilines is 2. The maximum Gasteiger partial charge on any atom is 0.307 e. The SMILES string of the molecule is CCOC(=O)CCN1CC(=O)N(C)c2ccc(NC(=O)CCCC(=N)N)cc2C1=O. The minimum atomic E-state index is -0.442. The zero-order chi connectivity index (χ0) is 22.3. The van der Waals surface area contributed by atoms with Crippen molar-refractivity contribution in [3.8, 4) is 0 Å². The van der Waals surface area contributed by atoms with Gasteiger partial charge in [-0.2, -0.15) is 0 Å². The lowest BCUT2D eigenvalue weighted by molar-refractivity contribution is -0.143. The molecule has 1 aliphatic heterocycles. The number of nitrogens with two attached hydrogens (primary N) is 1. The Morgan fingerprint density at radius 3 is 2.63 bits per heavy atom. The topological polar surface area (TPSA) is 146 Å². The Bertz CT molecular complexity index is 854. The van der Waals surface area contributed by atoms with Crippen LogP contribution in [0, 0.1) is 5.41 Å². The molecule has 1 heterocycles. The van der Waals surface area contributed by atoms with E-state index < -0.39 is 11.9 Å². The van der Waals surface area contributed by atoms with E-state index in [1.807, 2.05) is 0 Å². The van der Waals surface area contributed by atoms with Crippen LogP contribution in [0.5, 0.6) is 0 Å². The summed E-state index contributed by atoms with van der Waals surface area (Å²) in [5.41, 5.74) is 6.39. The van der Waals surface area contributed by atoms with Gasteiger partial charge in [0.25, 0.3) is 5.91 Å². The summed E-state index contributed by atoms with van der Waals surface area (Å²) in [5, 5.41) is 9.90. The van der Waals surface area contributed by atoms with Crippen molar-refractivity contribution >= 4 is 40.9 Å². The Hall–Kier alpha value is -3.43. The number of hydrogen-bond donors (Lipinski definition) is 3. The Morgan fingerprint density at radius 1 is 1.23 bits per heavy atom. The molecule has 162 valence electrons. The number of fused-ring (bicyclic) bond motifs is 1. The van der Waals surface area contributed by atoms with Gasteiger partial charge in [0, 0.05) is 32.1 Å². The molecule has 0 atom stereocenters. The van der Waals surface area contributed by atoms with E-state index in [0.717, 1.165) is 0 Å². The third kappa shape index (κ3) is 6.03. The first-order valence-electron chi connectivity index (χ1n) is 9.71. The van der Waals surface area contributed by atoms with Gasteiger partial charge >= 0.3 is 5.97 Å². The lowest BCUT2D eigenvalue weighted by Gasteiger charge is -2.19. The van der Waals surface area contributed by atoms with Crippen molar-refractivity contribution in [2.45, 2.75) is 32.6 Å². The van der Waals surface area contributed by atoms with E-state index in [4.69, 9.17) is 15.9 Å². The van der Waals surface area contributed by atoms with Gasteiger partial charge in [0.15, 0.2) is 0 Å². The number of hydrogen-bond acceptors (Lipinski definition) is 6. The standard InChI is InChI=1S/C20H27N5O5/c1-3-30-19(28)9-10-25-12-18(27)24(2)15-8-7-13(11-14(15)20(25)29)23-17(26)6-4-5-16(21)22/h7-8,11H,3-6,9-10,12H2,1-2H3,(H3,21,22)(H,23,26). The van der Waals surface area contributed by atoms with Gasteiger partial charge in [-0.3, -0.25) is 24.6 Å². The van der Waals surface area contributed by atoms with Gasteiger partial charge in [0.1, 0.15) is 6.54 Å². The van der Waals surface area contributed by atoms with Gasteiger partial charge in [-0.25, -0.2) is 0 Å². The smallest absolute Gasteiger partial charge is 0.307 e. The highest BCUT2D eigenvalue weighted by Crippen LogP contribution is 2.28. The highest BCUT2D eigenvalue weighted by molar-refractivity contribution is 6.10. The number of benzene rings is 1. The van der Waals surface area contributed by atoms with Crippen LogP contribution in [0.15, 0.2) is 18.2 Å². The minimum absolute atomic E-state index is 0.0154. The fraction of sp³-hybridized carbons (Fsp3) is 0.450. The summed E-state index contributed by atoms with van der Waals surface area (Å²) < 4.78 is 4.89. The number of amides is 3. The van der Waals surface area contributed by atoms with Crippen LogP contribution in [-0.2, 0) is 19.1 Å². The molecule has 4 N–H and O–H groups in total. The molecule has 1 aromatic carbocycles. The molecule has 0 unspecified atom stereocenters. The molecule has 0 aliphatic carbocycles. The number of amidine groups is 1. The average Bonchev–Trinajstić information content (AvgIpc) is 2.77. The zero-order valence-corrected chi connectivity index (χ0v) is 17.2. The normalized spacial score (nSPS) is 13.5. The van der Waals surface area contributed by atoms with E-state index >= 15 is 0 Å². The number of rotatable bonds is 9. The van der Waals surface area contributed by atoms with Crippen LogP contribution in [0.25, 0.3) is 0 Å². The van der Waals surface area contributed by atoms with Crippen molar-refractivity contribution in [2.75, 3.05) is 37.0 Å². The predicted octanol–water partition coefficient (Wildman–Crippen LogP) is 1.10. The summed E-state index contributed by atoms with van der Waals surface area (Å²) >= 11 is 0. The van der Waals surface area contributed by atoms with Crippen molar-refractivity contribution in [2.24, 2.45) is 5.73 Å². The summed E-state index contributed by atoms with van der Waals surface area (Å²) in [6.45, 7) is 1.83. The van der Waals surface area contributed by atoms with Crippen molar-refractivity contribution in [1.29, 1.82) is 5.41 Å². The largest absolute Gasteiger partial charge is 0.466 e. The lowest BCUT2D eigenvalue weighted by atomic mass is 10.1. The molecule has 1 aliphatic rings. The number of ether oxygens (including phenoxy) is 1. The molecule has 10 nitrogen and oxygen atoms in total. The first-order valence-corrected chi connectivity index (χ1v) is 9.71. The van der Waals surface area contributed by atoms with Gasteiger partial charge in [-0.15, -0.1) is 0 Å². The molecule has 2 rings (SSSR count). The Morgan fingerprint density at radius 2 is 1.97 bits per heavy atom. The van der Waals surface area contributed by atoms with E-state index in [-0.39, 0.29) is 55.8 Å². The van der Waals surface area contributed by atoms with Gasteiger partial charge < -0.3 is 25.6 Å². The van der Waals surface area contributed by atoms with E-state index in [2.05, 4.69) is 5.32 Å². The molecule has 0 saturated carbocycles. The Balaban J connectivity index is 2.17. The number of esters is 1.